The molecule has 1 aliphatic heterocycles. The van der Waals surface area contributed by atoms with Gasteiger partial charge in [0.2, 0.25) is 10.0 Å². The number of hydrogen-bond acceptors (Lipinski definition) is 4. The molecule has 0 saturated carbocycles. The Hall–Kier alpha value is -1.15. The number of nitrogens with one attached hydrogen (secondary N) is 1. The largest absolute Gasteiger partial charge is 0.333 e. The highest BCUT2D eigenvalue weighted by Gasteiger charge is 2.25. The number of nitrogens with zero attached hydrogens (tertiary/aromatic N) is 2. The summed E-state index contributed by atoms with van der Waals surface area (Å²) in [5.41, 5.74) is 0.525. The maximum Gasteiger partial charge on any atom is 0.254 e. The molecule has 8 heteroatoms. The average Bonchev–Trinajstić information content (AvgIpc) is 2.55. The van der Waals surface area contributed by atoms with E-state index in [1.54, 1.807) is 12.1 Å². The van der Waals surface area contributed by atoms with Crippen LogP contribution in [0, 0.1) is 0 Å². The third-order valence-corrected chi connectivity index (χ3v) is 6.27. The van der Waals surface area contributed by atoms with Crippen LogP contribution in [-0.2, 0) is 10.0 Å². The smallest absolute Gasteiger partial charge is 0.254 e. The zero-order valence-electron chi connectivity index (χ0n) is 14.4. The fourth-order valence-electron chi connectivity index (χ4n) is 2.79. The van der Waals surface area contributed by atoms with E-state index in [1.165, 1.54) is 16.4 Å². The molecule has 0 spiro atoms. The number of piperazine rings is 1. The van der Waals surface area contributed by atoms with Gasteiger partial charge < -0.3 is 10.2 Å². The monoisotopic (exact) mass is 375 g/mol. The maximum atomic E-state index is 12.6. The van der Waals surface area contributed by atoms with Gasteiger partial charge in [-0.25, -0.2) is 8.42 Å². The first-order valence-corrected chi connectivity index (χ1v) is 9.47. The molecule has 1 amide bonds. The zero-order chi connectivity index (χ0) is 17.0. The molecule has 0 radical (unpaired) electrons. The van der Waals surface area contributed by atoms with Crippen molar-refractivity contribution < 1.29 is 13.2 Å². The molecule has 1 aromatic carbocycles. The van der Waals surface area contributed by atoms with Gasteiger partial charge in [-0.15, -0.1) is 12.4 Å². The van der Waals surface area contributed by atoms with Gasteiger partial charge in [-0.05, 0) is 31.2 Å². The summed E-state index contributed by atoms with van der Waals surface area (Å²) in [7, 11) is -3.48. The number of sulfonamides is 1. The Balaban J connectivity index is 0.00000288. The normalized spacial score (nSPS) is 18.3. The predicted molar refractivity (Wildman–Crippen MR) is 97.2 cm³/mol. The van der Waals surface area contributed by atoms with Crippen LogP contribution in [0.4, 0.5) is 0 Å². The van der Waals surface area contributed by atoms with Crippen molar-refractivity contribution >= 4 is 28.3 Å². The van der Waals surface area contributed by atoms with Crippen molar-refractivity contribution in [1.82, 2.24) is 14.5 Å². The van der Waals surface area contributed by atoms with Crippen LogP contribution >= 0.6 is 12.4 Å². The molecule has 1 fully saturated rings. The molecule has 1 aromatic rings. The first-order chi connectivity index (χ1) is 10.9. The number of amides is 1. The summed E-state index contributed by atoms with van der Waals surface area (Å²) < 4.78 is 26.3. The number of halogens is 1. The van der Waals surface area contributed by atoms with Crippen molar-refractivity contribution in [3.8, 4) is 0 Å². The highest BCUT2D eigenvalue weighted by Crippen LogP contribution is 2.18. The van der Waals surface area contributed by atoms with Crippen LogP contribution in [0.15, 0.2) is 29.2 Å². The second kappa shape index (κ2) is 8.80. The third kappa shape index (κ3) is 4.27. The lowest BCUT2D eigenvalue weighted by atomic mass is 10.1. The number of rotatable bonds is 5. The topological polar surface area (TPSA) is 69.7 Å². The predicted octanol–water partition coefficient (Wildman–Crippen LogP) is 1.57. The number of carbonyl (C=O) groups excluding carboxylic acids is 1. The van der Waals surface area contributed by atoms with Crippen molar-refractivity contribution in [3.05, 3.63) is 29.8 Å². The van der Waals surface area contributed by atoms with Gasteiger partial charge in [0.25, 0.3) is 5.91 Å². The maximum absolute atomic E-state index is 12.6. The summed E-state index contributed by atoms with van der Waals surface area (Å²) >= 11 is 0. The minimum absolute atomic E-state index is 0. The van der Waals surface area contributed by atoms with Crippen LogP contribution < -0.4 is 5.32 Å². The minimum atomic E-state index is -3.48. The average molecular weight is 376 g/mol. The molecule has 0 unspecified atom stereocenters. The third-order valence-electron chi connectivity index (χ3n) is 4.21. The van der Waals surface area contributed by atoms with Crippen LogP contribution in [0.3, 0.4) is 0 Å². The lowest BCUT2D eigenvalue weighted by Crippen LogP contribution is -2.52. The molecule has 0 aliphatic carbocycles. The molecule has 6 nitrogen and oxygen atoms in total. The molecule has 1 heterocycles. The summed E-state index contributed by atoms with van der Waals surface area (Å²) in [5, 5.41) is 3.25. The van der Waals surface area contributed by atoms with Crippen molar-refractivity contribution in [1.29, 1.82) is 0 Å². The van der Waals surface area contributed by atoms with Crippen LogP contribution in [0.25, 0.3) is 0 Å². The first-order valence-electron chi connectivity index (χ1n) is 8.03. The van der Waals surface area contributed by atoms with Crippen molar-refractivity contribution in [2.75, 3.05) is 32.7 Å². The van der Waals surface area contributed by atoms with Gasteiger partial charge in [0.1, 0.15) is 0 Å². The molecule has 1 aliphatic rings. The van der Waals surface area contributed by atoms with Crippen LogP contribution in [-0.4, -0.2) is 62.3 Å². The lowest BCUT2D eigenvalue weighted by molar-refractivity contribution is 0.0655. The van der Waals surface area contributed by atoms with E-state index >= 15 is 0 Å². The van der Waals surface area contributed by atoms with Crippen molar-refractivity contribution in [3.63, 3.8) is 0 Å². The summed E-state index contributed by atoms with van der Waals surface area (Å²) in [6.07, 6.45) is 0. The van der Waals surface area contributed by atoms with E-state index in [-0.39, 0.29) is 29.3 Å². The van der Waals surface area contributed by atoms with Gasteiger partial charge in [0, 0.05) is 44.3 Å². The lowest BCUT2D eigenvalue weighted by Gasteiger charge is -2.34. The second-order valence-corrected chi connectivity index (χ2v) is 7.60. The summed E-state index contributed by atoms with van der Waals surface area (Å²) in [6.45, 7) is 8.71. The molecule has 1 saturated heterocycles. The molecule has 1 N–H and O–H groups in total. The van der Waals surface area contributed by atoms with Gasteiger partial charge >= 0.3 is 0 Å². The highest BCUT2D eigenvalue weighted by atomic mass is 35.5. The minimum Gasteiger partial charge on any atom is -0.333 e. The molecule has 136 valence electrons. The quantitative estimate of drug-likeness (QED) is 0.848. The standard InChI is InChI=1S/C16H25N3O3S.ClH/c1-4-18(5-2)23(21,22)15-8-6-14(7-9-15)16(20)19-11-10-17-12-13(19)3;/h6-9,13,17H,4-5,10-12H2,1-3H3;1H/t13-;/m1./s1. The molecule has 24 heavy (non-hydrogen) atoms. The highest BCUT2D eigenvalue weighted by molar-refractivity contribution is 7.89. The number of carbonyl (C=O) groups is 1. The van der Waals surface area contributed by atoms with E-state index in [0.29, 0.717) is 25.2 Å². The first kappa shape index (κ1) is 20.9. The molecule has 1 atom stereocenters. The Bertz CT molecular complexity index is 645. The van der Waals surface area contributed by atoms with E-state index in [9.17, 15) is 13.2 Å². The Kier molecular flexibility index (Phi) is 7.66. The Morgan fingerprint density at radius 1 is 1.25 bits per heavy atom. The fraction of sp³-hybridized carbons (Fsp3) is 0.562. The van der Waals surface area contributed by atoms with Gasteiger partial charge in [-0.3, -0.25) is 4.79 Å². The van der Waals surface area contributed by atoms with Crippen molar-refractivity contribution in [2.45, 2.75) is 31.7 Å². The van der Waals surface area contributed by atoms with Crippen LogP contribution in [0.5, 0.6) is 0 Å². The molecule has 0 aromatic heterocycles. The van der Waals surface area contributed by atoms with E-state index in [4.69, 9.17) is 0 Å². The number of hydrogen-bond donors (Lipinski definition) is 1. The van der Waals surface area contributed by atoms with E-state index in [2.05, 4.69) is 5.32 Å². The molecular weight excluding hydrogens is 350 g/mol. The van der Waals surface area contributed by atoms with Gasteiger partial charge in [0.15, 0.2) is 0 Å². The van der Waals surface area contributed by atoms with Crippen molar-refractivity contribution in [2.24, 2.45) is 0 Å². The van der Waals surface area contributed by atoms with E-state index in [0.717, 1.165) is 13.1 Å². The SMILES string of the molecule is CCN(CC)S(=O)(=O)c1ccc(C(=O)N2CCNC[C@H]2C)cc1.Cl. The Morgan fingerprint density at radius 3 is 2.33 bits per heavy atom. The Labute approximate surface area is 150 Å². The fourth-order valence-corrected chi connectivity index (χ4v) is 4.25. The van der Waals surface area contributed by atoms with Gasteiger partial charge in [-0.1, -0.05) is 13.8 Å². The molecule has 2 rings (SSSR count). The van der Waals surface area contributed by atoms with E-state index in [1.807, 2.05) is 25.7 Å². The van der Waals surface area contributed by atoms with Gasteiger partial charge in [0.05, 0.1) is 4.90 Å². The summed E-state index contributed by atoms with van der Waals surface area (Å²) in [4.78, 5) is 14.6. The zero-order valence-corrected chi connectivity index (χ0v) is 16.0. The summed E-state index contributed by atoms with van der Waals surface area (Å²) in [5.74, 6) is -0.0502. The molecule has 0 bridgehead atoms. The summed E-state index contributed by atoms with van der Waals surface area (Å²) in [6, 6.07) is 6.39. The Morgan fingerprint density at radius 2 is 1.83 bits per heavy atom. The van der Waals surface area contributed by atoms with E-state index < -0.39 is 10.0 Å². The molecular formula is C16H26ClN3O3S. The van der Waals surface area contributed by atoms with Gasteiger partial charge in [-0.2, -0.15) is 4.31 Å². The number of benzene rings is 1. The van der Waals surface area contributed by atoms with Crippen LogP contribution in [0.2, 0.25) is 0 Å². The second-order valence-electron chi connectivity index (χ2n) is 5.67. The van der Waals surface area contributed by atoms with Crippen LogP contribution in [0.1, 0.15) is 31.1 Å².